The van der Waals surface area contributed by atoms with Crippen LogP contribution in [0.4, 0.5) is 4.39 Å². The van der Waals surface area contributed by atoms with Gasteiger partial charge in [-0.3, -0.25) is 4.79 Å². The topological polar surface area (TPSA) is 33.5 Å². The van der Waals surface area contributed by atoms with Crippen molar-refractivity contribution in [1.29, 1.82) is 0 Å². The van der Waals surface area contributed by atoms with Crippen molar-refractivity contribution in [2.75, 3.05) is 13.1 Å². The van der Waals surface area contributed by atoms with E-state index < -0.39 is 5.82 Å². The number of hydrogen-bond donors (Lipinski definition) is 2. The smallest absolute Gasteiger partial charge is 0.252 e. The Morgan fingerprint density at radius 3 is 2.33 bits per heavy atom. The van der Waals surface area contributed by atoms with Gasteiger partial charge in [-0.15, -0.1) is 0 Å². The lowest BCUT2D eigenvalue weighted by Gasteiger charge is -2.15. The molecule has 2 aromatic rings. The second kappa shape index (κ2) is 8.94. The second-order valence-corrected chi connectivity index (χ2v) is 6.61. The van der Waals surface area contributed by atoms with E-state index in [9.17, 15) is 9.18 Å². The molecule has 0 bridgehead atoms. The number of benzene rings is 2. The molecule has 0 fully saturated rings. The van der Waals surface area contributed by atoms with Crippen LogP contribution in [0.3, 0.4) is 0 Å². The lowest BCUT2D eigenvalue weighted by atomic mass is 10.1. The lowest BCUT2D eigenvalue weighted by molar-refractivity contribution is -0.910. The Hall–Kier alpha value is -1.72. The molecule has 0 saturated heterocycles. The highest BCUT2D eigenvalue weighted by Crippen LogP contribution is 2.17. The Kier molecular flexibility index (Phi) is 6.94. The van der Waals surface area contributed by atoms with Crippen molar-refractivity contribution in [2.24, 2.45) is 0 Å². The number of rotatable bonds is 7. The van der Waals surface area contributed by atoms with Gasteiger partial charge in [0.25, 0.3) is 5.91 Å². The van der Waals surface area contributed by atoms with Crippen molar-refractivity contribution in [2.45, 2.75) is 26.9 Å². The van der Waals surface area contributed by atoms with Gasteiger partial charge in [0.2, 0.25) is 0 Å². The Bertz CT molecular complexity index is 684. The van der Waals surface area contributed by atoms with E-state index in [4.69, 9.17) is 0 Å². The molecule has 0 aliphatic heterocycles. The quantitative estimate of drug-likeness (QED) is 0.744. The van der Waals surface area contributed by atoms with Gasteiger partial charge in [0, 0.05) is 16.6 Å². The minimum absolute atomic E-state index is 0.293. The number of hydrogen-bond acceptors (Lipinski definition) is 1. The van der Waals surface area contributed by atoms with Gasteiger partial charge >= 0.3 is 0 Å². The normalized spacial score (nSPS) is 10.9. The maximum absolute atomic E-state index is 13.3. The predicted octanol–water partition coefficient (Wildman–Crippen LogP) is 2.94. The molecule has 0 aromatic heterocycles. The van der Waals surface area contributed by atoms with Crippen LogP contribution in [0.1, 0.15) is 35.3 Å². The first kappa shape index (κ1) is 18.6. The Morgan fingerprint density at radius 1 is 1.08 bits per heavy atom. The summed E-state index contributed by atoms with van der Waals surface area (Å²) in [7, 11) is 0. The zero-order valence-corrected chi connectivity index (χ0v) is 15.6. The van der Waals surface area contributed by atoms with E-state index >= 15 is 0 Å². The van der Waals surface area contributed by atoms with E-state index in [0.29, 0.717) is 16.6 Å². The van der Waals surface area contributed by atoms with Gasteiger partial charge in [0.15, 0.2) is 0 Å². The molecule has 0 atom stereocenters. The summed E-state index contributed by atoms with van der Waals surface area (Å²) in [5.74, 6) is -0.718. The van der Waals surface area contributed by atoms with Gasteiger partial charge in [-0.2, -0.15) is 0 Å². The van der Waals surface area contributed by atoms with Crippen LogP contribution in [-0.4, -0.2) is 19.0 Å². The van der Waals surface area contributed by atoms with Crippen LogP contribution < -0.4 is 10.2 Å². The monoisotopic (exact) mass is 393 g/mol. The van der Waals surface area contributed by atoms with Gasteiger partial charge in [0.05, 0.1) is 18.7 Å². The Morgan fingerprint density at radius 2 is 1.71 bits per heavy atom. The summed E-state index contributed by atoms with van der Waals surface area (Å²) in [6, 6.07) is 12.3. The largest absolute Gasteiger partial charge is 0.348 e. The maximum Gasteiger partial charge on any atom is 0.252 e. The number of carbonyl (C=O) groups excluding carboxylic acids is 1. The molecule has 0 aliphatic carbocycles. The molecular formula is C19H23BrFN2O+. The molecule has 24 heavy (non-hydrogen) atoms. The van der Waals surface area contributed by atoms with Crippen molar-refractivity contribution in [3.8, 4) is 0 Å². The van der Waals surface area contributed by atoms with Crippen LogP contribution in [0.2, 0.25) is 0 Å². The molecular weight excluding hydrogens is 371 g/mol. The fraction of sp³-hybridized carbons (Fsp3) is 0.316. The number of quaternary nitrogens is 1. The Labute approximate surface area is 151 Å². The molecule has 2 rings (SSSR count). The van der Waals surface area contributed by atoms with Gasteiger partial charge in [0.1, 0.15) is 12.4 Å². The van der Waals surface area contributed by atoms with Gasteiger partial charge in [-0.05, 0) is 53.5 Å². The van der Waals surface area contributed by atoms with E-state index in [1.807, 2.05) is 12.1 Å². The fourth-order valence-electron chi connectivity index (χ4n) is 2.51. The highest BCUT2D eigenvalue weighted by molar-refractivity contribution is 9.10. The first-order valence-corrected chi connectivity index (χ1v) is 8.97. The summed E-state index contributed by atoms with van der Waals surface area (Å²) >= 11 is 3.27. The summed E-state index contributed by atoms with van der Waals surface area (Å²) < 4.78 is 13.9. The van der Waals surface area contributed by atoms with Crippen LogP contribution in [-0.2, 0) is 13.1 Å². The Balaban J connectivity index is 1.94. The van der Waals surface area contributed by atoms with E-state index in [-0.39, 0.29) is 5.91 Å². The van der Waals surface area contributed by atoms with Crippen LogP contribution in [0.25, 0.3) is 0 Å². The molecule has 2 aromatic carbocycles. The summed E-state index contributed by atoms with van der Waals surface area (Å²) in [4.78, 5) is 13.7. The van der Waals surface area contributed by atoms with Crippen LogP contribution in [0.5, 0.6) is 0 Å². The average molecular weight is 394 g/mol. The summed E-state index contributed by atoms with van der Waals surface area (Å²) in [6.45, 7) is 8.02. The second-order valence-electron chi connectivity index (χ2n) is 5.76. The van der Waals surface area contributed by atoms with Crippen molar-refractivity contribution in [1.82, 2.24) is 5.32 Å². The maximum atomic E-state index is 13.3. The third kappa shape index (κ3) is 5.14. The first-order chi connectivity index (χ1) is 11.5. The van der Waals surface area contributed by atoms with Crippen molar-refractivity contribution in [3.05, 3.63) is 69.4 Å². The molecule has 0 saturated carbocycles. The molecule has 0 aliphatic rings. The highest BCUT2D eigenvalue weighted by atomic mass is 79.9. The van der Waals surface area contributed by atoms with E-state index in [1.165, 1.54) is 28.7 Å². The number of halogens is 2. The van der Waals surface area contributed by atoms with E-state index in [1.54, 1.807) is 0 Å². The van der Waals surface area contributed by atoms with Gasteiger partial charge in [-0.1, -0.05) is 24.3 Å². The lowest BCUT2D eigenvalue weighted by Crippen LogP contribution is -3.10. The summed E-state index contributed by atoms with van der Waals surface area (Å²) in [5, 5.41) is 2.83. The minimum Gasteiger partial charge on any atom is -0.348 e. The molecule has 0 radical (unpaired) electrons. The molecule has 128 valence electrons. The number of nitrogens with one attached hydrogen (secondary N) is 2. The van der Waals surface area contributed by atoms with Crippen LogP contribution >= 0.6 is 15.9 Å². The van der Waals surface area contributed by atoms with Crippen molar-refractivity contribution < 1.29 is 14.1 Å². The molecule has 0 spiro atoms. The van der Waals surface area contributed by atoms with E-state index in [2.05, 4.69) is 47.2 Å². The molecule has 0 unspecified atom stereocenters. The predicted molar refractivity (Wildman–Crippen MR) is 97.5 cm³/mol. The molecule has 0 heterocycles. The number of carbonyl (C=O) groups is 1. The molecule has 5 heteroatoms. The SMILES string of the molecule is CC[NH+](CC)Cc1ccc(CNC(=O)c2cc(F)ccc2Br)cc1. The molecule has 2 N–H and O–H groups in total. The van der Waals surface area contributed by atoms with Gasteiger partial charge < -0.3 is 10.2 Å². The summed E-state index contributed by atoms with van der Waals surface area (Å²) in [5.41, 5.74) is 2.61. The molecule has 3 nitrogen and oxygen atoms in total. The van der Waals surface area contributed by atoms with Crippen LogP contribution in [0.15, 0.2) is 46.9 Å². The summed E-state index contributed by atoms with van der Waals surface area (Å²) in [6.07, 6.45) is 0. The van der Waals surface area contributed by atoms with Crippen molar-refractivity contribution in [3.63, 3.8) is 0 Å². The van der Waals surface area contributed by atoms with Crippen molar-refractivity contribution >= 4 is 21.8 Å². The minimum atomic E-state index is -0.424. The average Bonchev–Trinajstić information content (AvgIpc) is 2.60. The first-order valence-electron chi connectivity index (χ1n) is 8.18. The molecule has 1 amide bonds. The standard InChI is InChI=1S/C19H22BrFN2O/c1-3-23(4-2)13-15-7-5-14(6-8-15)12-22-19(24)17-11-16(21)9-10-18(17)20/h5-11H,3-4,12-13H2,1-2H3,(H,22,24)/p+1. The zero-order valence-electron chi connectivity index (χ0n) is 14.0. The third-order valence-corrected chi connectivity index (χ3v) is 4.79. The fourth-order valence-corrected chi connectivity index (χ4v) is 2.94. The van der Waals surface area contributed by atoms with Gasteiger partial charge in [-0.25, -0.2) is 4.39 Å². The third-order valence-electron chi connectivity index (χ3n) is 4.10. The number of amides is 1. The highest BCUT2D eigenvalue weighted by Gasteiger charge is 2.11. The van der Waals surface area contributed by atoms with E-state index in [0.717, 1.165) is 25.2 Å². The zero-order chi connectivity index (χ0) is 17.5. The van der Waals surface area contributed by atoms with Crippen LogP contribution in [0, 0.1) is 5.82 Å².